The molecule has 1 saturated heterocycles. The Morgan fingerprint density at radius 2 is 2.10 bits per heavy atom. The smallest absolute Gasteiger partial charge is 0.0552 e. The molecule has 118 valence electrons. The van der Waals surface area contributed by atoms with Gasteiger partial charge in [-0.3, -0.25) is 0 Å². The predicted molar refractivity (Wildman–Crippen MR) is 91.4 cm³/mol. The third kappa shape index (κ3) is 5.06. The van der Waals surface area contributed by atoms with Gasteiger partial charge in [-0.2, -0.15) is 0 Å². The number of aliphatic hydroxyl groups excluding tert-OH is 1. The Labute approximate surface area is 136 Å². The summed E-state index contributed by atoms with van der Waals surface area (Å²) < 4.78 is 1.13. The standard InChI is InChI=1S/C17H27BrN2O/c1-3-19-17(14-4-6-16(18)7-5-14)9-11-20-10-8-15(12-20)13(2)21/h4-7,13,15,17,19,21H,3,8-12H2,1-2H3. The molecule has 4 heteroatoms. The molecule has 0 saturated carbocycles. The highest BCUT2D eigenvalue weighted by atomic mass is 79.9. The highest BCUT2D eigenvalue weighted by molar-refractivity contribution is 9.10. The SMILES string of the molecule is CCNC(CCN1CCC(C(C)O)C1)c1ccc(Br)cc1. The Morgan fingerprint density at radius 1 is 1.38 bits per heavy atom. The molecule has 0 aliphatic carbocycles. The fraction of sp³-hybridized carbons (Fsp3) is 0.647. The van der Waals surface area contributed by atoms with Gasteiger partial charge < -0.3 is 15.3 Å². The quantitative estimate of drug-likeness (QED) is 0.789. The van der Waals surface area contributed by atoms with Gasteiger partial charge in [0, 0.05) is 17.1 Å². The highest BCUT2D eigenvalue weighted by Crippen LogP contribution is 2.23. The number of likely N-dealkylation sites (tertiary alicyclic amines) is 1. The second-order valence-corrected chi connectivity index (χ2v) is 6.96. The summed E-state index contributed by atoms with van der Waals surface area (Å²) in [5, 5.41) is 13.3. The van der Waals surface area contributed by atoms with Crippen LogP contribution >= 0.6 is 15.9 Å². The lowest BCUT2D eigenvalue weighted by atomic mass is 10.0. The molecule has 1 aromatic rings. The van der Waals surface area contributed by atoms with Crippen molar-refractivity contribution in [3.63, 3.8) is 0 Å². The van der Waals surface area contributed by atoms with Crippen LogP contribution < -0.4 is 5.32 Å². The van der Waals surface area contributed by atoms with Gasteiger partial charge in [-0.05, 0) is 63.0 Å². The van der Waals surface area contributed by atoms with Crippen molar-refractivity contribution in [3.05, 3.63) is 34.3 Å². The van der Waals surface area contributed by atoms with Gasteiger partial charge in [0.25, 0.3) is 0 Å². The van der Waals surface area contributed by atoms with Crippen LogP contribution in [0, 0.1) is 5.92 Å². The van der Waals surface area contributed by atoms with Gasteiger partial charge >= 0.3 is 0 Å². The fourth-order valence-corrected chi connectivity index (χ4v) is 3.36. The Hall–Kier alpha value is -0.420. The van der Waals surface area contributed by atoms with Gasteiger partial charge in [0.1, 0.15) is 0 Å². The van der Waals surface area contributed by atoms with Gasteiger partial charge in [0.2, 0.25) is 0 Å². The summed E-state index contributed by atoms with van der Waals surface area (Å²) in [7, 11) is 0. The van der Waals surface area contributed by atoms with E-state index in [1.165, 1.54) is 5.56 Å². The first-order valence-electron chi connectivity index (χ1n) is 7.99. The zero-order valence-corrected chi connectivity index (χ0v) is 14.6. The molecule has 21 heavy (non-hydrogen) atoms. The van der Waals surface area contributed by atoms with Crippen LogP contribution in [0.4, 0.5) is 0 Å². The van der Waals surface area contributed by atoms with Crippen molar-refractivity contribution in [1.82, 2.24) is 10.2 Å². The zero-order valence-electron chi connectivity index (χ0n) is 13.1. The van der Waals surface area contributed by atoms with Crippen LogP contribution in [0.5, 0.6) is 0 Å². The summed E-state index contributed by atoms with van der Waals surface area (Å²) in [4.78, 5) is 2.49. The summed E-state index contributed by atoms with van der Waals surface area (Å²) in [5.74, 6) is 0.454. The van der Waals surface area contributed by atoms with Crippen LogP contribution in [0.15, 0.2) is 28.7 Å². The van der Waals surface area contributed by atoms with Crippen molar-refractivity contribution < 1.29 is 5.11 Å². The Bertz CT molecular complexity index is 421. The Balaban J connectivity index is 1.87. The fourth-order valence-electron chi connectivity index (χ4n) is 3.10. The predicted octanol–water partition coefficient (Wildman–Crippen LogP) is 3.19. The monoisotopic (exact) mass is 354 g/mol. The third-order valence-corrected chi connectivity index (χ3v) is 4.98. The number of hydrogen-bond donors (Lipinski definition) is 2. The third-order valence-electron chi connectivity index (χ3n) is 4.45. The molecular weight excluding hydrogens is 328 g/mol. The molecule has 1 aliphatic rings. The van der Waals surface area contributed by atoms with Crippen molar-refractivity contribution in [2.24, 2.45) is 5.92 Å². The summed E-state index contributed by atoms with van der Waals surface area (Å²) >= 11 is 3.49. The maximum absolute atomic E-state index is 9.69. The summed E-state index contributed by atoms with van der Waals surface area (Å²) in [6, 6.07) is 9.02. The van der Waals surface area contributed by atoms with Crippen LogP contribution in [0.2, 0.25) is 0 Å². The first kappa shape index (κ1) is 16.9. The zero-order chi connectivity index (χ0) is 15.2. The minimum absolute atomic E-state index is 0.175. The minimum Gasteiger partial charge on any atom is -0.393 e. The first-order chi connectivity index (χ1) is 10.1. The van der Waals surface area contributed by atoms with Crippen molar-refractivity contribution >= 4 is 15.9 Å². The Morgan fingerprint density at radius 3 is 2.67 bits per heavy atom. The van der Waals surface area contributed by atoms with Crippen molar-refractivity contribution in [1.29, 1.82) is 0 Å². The molecular formula is C17H27BrN2O. The molecule has 3 atom stereocenters. The minimum atomic E-state index is -0.175. The number of aliphatic hydroxyl groups is 1. The maximum Gasteiger partial charge on any atom is 0.0552 e. The molecule has 0 spiro atoms. The van der Waals surface area contributed by atoms with E-state index >= 15 is 0 Å². The molecule has 1 heterocycles. The van der Waals surface area contributed by atoms with E-state index in [-0.39, 0.29) is 6.10 Å². The Kier molecular flexibility index (Phi) is 6.68. The second-order valence-electron chi connectivity index (χ2n) is 6.04. The van der Waals surface area contributed by atoms with Crippen LogP contribution in [0.3, 0.4) is 0 Å². The average Bonchev–Trinajstić information content (AvgIpc) is 2.93. The van der Waals surface area contributed by atoms with Gasteiger partial charge in [-0.25, -0.2) is 0 Å². The number of nitrogens with one attached hydrogen (secondary N) is 1. The van der Waals surface area contributed by atoms with E-state index < -0.39 is 0 Å². The molecule has 2 N–H and O–H groups in total. The molecule has 1 fully saturated rings. The van der Waals surface area contributed by atoms with Gasteiger partial charge in [-0.1, -0.05) is 35.0 Å². The molecule has 0 radical (unpaired) electrons. The molecule has 2 rings (SSSR count). The average molecular weight is 355 g/mol. The van der Waals surface area contributed by atoms with E-state index in [1.54, 1.807) is 0 Å². The van der Waals surface area contributed by atoms with E-state index in [1.807, 2.05) is 6.92 Å². The van der Waals surface area contributed by atoms with E-state index in [0.717, 1.165) is 43.5 Å². The summed E-state index contributed by atoms with van der Waals surface area (Å²) in [5.41, 5.74) is 1.35. The number of rotatable bonds is 7. The molecule has 3 unspecified atom stereocenters. The van der Waals surface area contributed by atoms with E-state index in [0.29, 0.717) is 12.0 Å². The van der Waals surface area contributed by atoms with Crippen LogP contribution in [-0.4, -0.2) is 42.3 Å². The number of halogens is 1. The maximum atomic E-state index is 9.69. The lowest BCUT2D eigenvalue weighted by Gasteiger charge is -2.23. The van der Waals surface area contributed by atoms with E-state index in [2.05, 4.69) is 57.3 Å². The lowest BCUT2D eigenvalue weighted by molar-refractivity contribution is 0.127. The van der Waals surface area contributed by atoms with Crippen molar-refractivity contribution in [2.45, 2.75) is 38.8 Å². The number of hydrogen-bond acceptors (Lipinski definition) is 3. The largest absolute Gasteiger partial charge is 0.393 e. The van der Waals surface area contributed by atoms with Crippen LogP contribution in [0.25, 0.3) is 0 Å². The molecule has 0 amide bonds. The van der Waals surface area contributed by atoms with Crippen molar-refractivity contribution in [2.75, 3.05) is 26.2 Å². The summed E-state index contributed by atoms with van der Waals surface area (Å²) in [6.45, 7) is 8.31. The van der Waals surface area contributed by atoms with Gasteiger partial charge in [0.05, 0.1) is 6.10 Å². The van der Waals surface area contributed by atoms with Crippen LogP contribution in [-0.2, 0) is 0 Å². The number of benzene rings is 1. The van der Waals surface area contributed by atoms with Gasteiger partial charge in [0.15, 0.2) is 0 Å². The lowest BCUT2D eigenvalue weighted by Crippen LogP contribution is -2.29. The first-order valence-corrected chi connectivity index (χ1v) is 8.78. The van der Waals surface area contributed by atoms with E-state index in [4.69, 9.17) is 0 Å². The van der Waals surface area contributed by atoms with E-state index in [9.17, 15) is 5.11 Å². The normalized spacial score (nSPS) is 22.4. The highest BCUT2D eigenvalue weighted by Gasteiger charge is 2.26. The molecule has 3 nitrogen and oxygen atoms in total. The molecule has 1 aromatic carbocycles. The number of nitrogens with zero attached hydrogens (tertiary/aromatic N) is 1. The van der Waals surface area contributed by atoms with Crippen LogP contribution in [0.1, 0.15) is 38.3 Å². The summed E-state index contributed by atoms with van der Waals surface area (Å²) in [6.07, 6.45) is 2.06. The second kappa shape index (κ2) is 8.28. The molecule has 0 aromatic heterocycles. The topological polar surface area (TPSA) is 35.5 Å². The molecule has 0 bridgehead atoms. The van der Waals surface area contributed by atoms with Crippen molar-refractivity contribution in [3.8, 4) is 0 Å². The van der Waals surface area contributed by atoms with Gasteiger partial charge in [-0.15, -0.1) is 0 Å². The molecule has 1 aliphatic heterocycles.